The molecule has 0 atom stereocenters. The van der Waals surface area contributed by atoms with Gasteiger partial charge in [0.2, 0.25) is 11.9 Å². The molecule has 1 heterocycles. The largest absolute Gasteiger partial charge is 0.486 e. The highest BCUT2D eigenvalue weighted by Crippen LogP contribution is 2.18. The summed E-state index contributed by atoms with van der Waals surface area (Å²) in [6.07, 6.45) is 0. The predicted molar refractivity (Wildman–Crippen MR) is 104 cm³/mol. The molecule has 27 heavy (non-hydrogen) atoms. The molecule has 0 aliphatic rings. The molecule has 2 N–H and O–H groups in total. The van der Waals surface area contributed by atoms with E-state index in [-0.39, 0.29) is 18.3 Å². The number of anilines is 2. The lowest BCUT2D eigenvalue weighted by Crippen LogP contribution is -2.16. The van der Waals surface area contributed by atoms with Gasteiger partial charge in [-0.3, -0.25) is 4.79 Å². The van der Waals surface area contributed by atoms with Gasteiger partial charge in [-0.05, 0) is 48.5 Å². The van der Waals surface area contributed by atoms with Crippen LogP contribution in [0, 0.1) is 0 Å². The third kappa shape index (κ3) is 4.71. The van der Waals surface area contributed by atoms with E-state index in [1.54, 1.807) is 53.4 Å². The van der Waals surface area contributed by atoms with Crippen LogP contribution in [0.15, 0.2) is 48.5 Å². The third-order valence-electron chi connectivity index (χ3n) is 3.68. The number of carbonyl (C=O) groups is 1. The van der Waals surface area contributed by atoms with E-state index in [9.17, 15) is 4.79 Å². The van der Waals surface area contributed by atoms with Crippen molar-refractivity contribution >= 4 is 29.3 Å². The second-order valence-corrected chi connectivity index (χ2v) is 6.39. The number of aromatic nitrogens is 3. The fraction of sp³-hybridized carbons (Fsp3) is 0.158. The van der Waals surface area contributed by atoms with Crippen LogP contribution in [0.4, 0.5) is 11.9 Å². The number of benzene rings is 2. The molecule has 2 aromatic carbocycles. The molecule has 138 valence electrons. The van der Waals surface area contributed by atoms with Crippen LogP contribution >= 0.6 is 11.6 Å². The Morgan fingerprint density at radius 2 is 1.59 bits per heavy atom. The van der Waals surface area contributed by atoms with Crippen molar-refractivity contribution in [3.8, 4) is 5.75 Å². The van der Waals surface area contributed by atoms with Crippen molar-refractivity contribution in [1.29, 1.82) is 0 Å². The van der Waals surface area contributed by atoms with E-state index in [0.29, 0.717) is 33.7 Å². The highest BCUT2D eigenvalue weighted by molar-refractivity contribution is 6.30. The number of hydrogen-bond acceptors (Lipinski definition) is 7. The molecule has 0 saturated carbocycles. The van der Waals surface area contributed by atoms with Crippen LogP contribution in [-0.2, 0) is 6.61 Å². The number of rotatable bonds is 6. The molecule has 3 aromatic rings. The molecule has 8 heteroatoms. The summed E-state index contributed by atoms with van der Waals surface area (Å²) in [6.45, 7) is 0.137. The molecule has 0 spiro atoms. The van der Waals surface area contributed by atoms with Gasteiger partial charge in [-0.25, -0.2) is 0 Å². The van der Waals surface area contributed by atoms with Crippen LogP contribution in [0.2, 0.25) is 5.02 Å². The Bertz CT molecular complexity index is 943. The van der Waals surface area contributed by atoms with Gasteiger partial charge in [-0.2, -0.15) is 15.0 Å². The van der Waals surface area contributed by atoms with E-state index < -0.39 is 0 Å². The zero-order valence-corrected chi connectivity index (χ0v) is 15.6. The standard InChI is InChI=1S/C19H18ClN5O2/c1-25(2)19-23-16(22-18(21)24-19)11-27-15-9-5-13(6-10-15)17(26)12-3-7-14(20)8-4-12/h3-10H,11H2,1-2H3,(H2,21,22,23,24). The Labute approximate surface area is 161 Å². The van der Waals surface area contributed by atoms with E-state index in [1.165, 1.54) is 0 Å². The highest BCUT2D eigenvalue weighted by atomic mass is 35.5. The van der Waals surface area contributed by atoms with Crippen LogP contribution in [-0.4, -0.2) is 34.8 Å². The summed E-state index contributed by atoms with van der Waals surface area (Å²) < 4.78 is 5.68. The topological polar surface area (TPSA) is 94.2 Å². The molecule has 0 saturated heterocycles. The number of carbonyl (C=O) groups excluding carboxylic acids is 1. The first kappa shape index (κ1) is 18.6. The summed E-state index contributed by atoms with van der Waals surface area (Å²) in [5, 5.41) is 0.590. The first-order chi connectivity index (χ1) is 12.9. The summed E-state index contributed by atoms with van der Waals surface area (Å²) in [4.78, 5) is 26.6. The second kappa shape index (κ2) is 8.01. The maximum Gasteiger partial charge on any atom is 0.230 e. The van der Waals surface area contributed by atoms with Gasteiger partial charge in [0, 0.05) is 30.2 Å². The lowest BCUT2D eigenvalue weighted by molar-refractivity contribution is 0.103. The molecule has 0 unspecified atom stereocenters. The minimum absolute atomic E-state index is 0.0842. The maximum absolute atomic E-state index is 12.5. The van der Waals surface area contributed by atoms with Crippen molar-refractivity contribution in [2.45, 2.75) is 6.61 Å². The van der Waals surface area contributed by atoms with Crippen molar-refractivity contribution in [2.75, 3.05) is 24.7 Å². The van der Waals surface area contributed by atoms with Crippen LogP contribution in [0.1, 0.15) is 21.7 Å². The number of ketones is 1. The summed E-state index contributed by atoms with van der Waals surface area (Å²) >= 11 is 5.85. The summed E-state index contributed by atoms with van der Waals surface area (Å²) in [6, 6.07) is 13.6. The molecule has 0 bridgehead atoms. The van der Waals surface area contributed by atoms with Gasteiger partial charge in [0.15, 0.2) is 11.6 Å². The van der Waals surface area contributed by atoms with Gasteiger partial charge in [-0.15, -0.1) is 0 Å². The van der Waals surface area contributed by atoms with E-state index in [0.717, 1.165) is 0 Å². The van der Waals surface area contributed by atoms with Crippen molar-refractivity contribution < 1.29 is 9.53 Å². The molecule has 0 fully saturated rings. The quantitative estimate of drug-likeness (QED) is 0.654. The van der Waals surface area contributed by atoms with Gasteiger partial charge < -0.3 is 15.4 Å². The number of hydrogen-bond donors (Lipinski definition) is 1. The molecule has 3 rings (SSSR count). The fourth-order valence-electron chi connectivity index (χ4n) is 2.31. The van der Waals surface area contributed by atoms with Crippen molar-refractivity contribution in [3.05, 3.63) is 70.5 Å². The van der Waals surface area contributed by atoms with E-state index in [2.05, 4.69) is 15.0 Å². The number of nitrogens with zero attached hydrogens (tertiary/aromatic N) is 4. The molecular formula is C19H18ClN5O2. The first-order valence-electron chi connectivity index (χ1n) is 8.13. The Balaban J connectivity index is 1.67. The highest BCUT2D eigenvalue weighted by Gasteiger charge is 2.10. The third-order valence-corrected chi connectivity index (χ3v) is 3.93. The normalized spacial score (nSPS) is 10.5. The zero-order valence-electron chi connectivity index (χ0n) is 14.9. The monoisotopic (exact) mass is 383 g/mol. The van der Waals surface area contributed by atoms with Gasteiger partial charge >= 0.3 is 0 Å². The van der Waals surface area contributed by atoms with Crippen molar-refractivity contribution in [3.63, 3.8) is 0 Å². The number of ether oxygens (including phenoxy) is 1. The number of halogens is 1. The van der Waals surface area contributed by atoms with E-state index in [1.807, 2.05) is 14.1 Å². The van der Waals surface area contributed by atoms with Gasteiger partial charge in [0.1, 0.15) is 12.4 Å². The van der Waals surface area contributed by atoms with Crippen LogP contribution in [0.3, 0.4) is 0 Å². The first-order valence-corrected chi connectivity index (χ1v) is 8.51. The minimum Gasteiger partial charge on any atom is -0.486 e. The molecule has 0 radical (unpaired) electrons. The Hall–Kier alpha value is -3.19. The minimum atomic E-state index is -0.0842. The second-order valence-electron chi connectivity index (χ2n) is 5.95. The summed E-state index contributed by atoms with van der Waals surface area (Å²) in [7, 11) is 3.63. The SMILES string of the molecule is CN(C)c1nc(N)nc(COc2ccc(C(=O)c3ccc(Cl)cc3)cc2)n1. The molecule has 7 nitrogen and oxygen atoms in total. The van der Waals surface area contributed by atoms with E-state index >= 15 is 0 Å². The average Bonchev–Trinajstić information content (AvgIpc) is 2.66. The summed E-state index contributed by atoms with van der Waals surface area (Å²) in [5.74, 6) is 1.53. The number of nitrogens with two attached hydrogens (primary N) is 1. The van der Waals surface area contributed by atoms with E-state index in [4.69, 9.17) is 22.1 Å². The maximum atomic E-state index is 12.5. The fourth-order valence-corrected chi connectivity index (χ4v) is 2.43. The Morgan fingerprint density at radius 1 is 1.00 bits per heavy atom. The lowest BCUT2D eigenvalue weighted by atomic mass is 10.0. The predicted octanol–water partition coefficient (Wildman–Crippen LogP) is 2.98. The number of nitrogen functional groups attached to an aromatic ring is 1. The van der Waals surface area contributed by atoms with Crippen molar-refractivity contribution in [2.24, 2.45) is 0 Å². The molecule has 0 aliphatic heterocycles. The van der Waals surface area contributed by atoms with Gasteiger partial charge in [-0.1, -0.05) is 11.6 Å². The van der Waals surface area contributed by atoms with Crippen LogP contribution < -0.4 is 15.4 Å². The van der Waals surface area contributed by atoms with Crippen LogP contribution in [0.25, 0.3) is 0 Å². The lowest BCUT2D eigenvalue weighted by Gasteiger charge is -2.12. The zero-order chi connectivity index (χ0) is 19.4. The van der Waals surface area contributed by atoms with Crippen molar-refractivity contribution in [1.82, 2.24) is 15.0 Å². The smallest absolute Gasteiger partial charge is 0.230 e. The van der Waals surface area contributed by atoms with Crippen LogP contribution in [0.5, 0.6) is 5.75 Å². The Kier molecular flexibility index (Phi) is 5.52. The van der Waals surface area contributed by atoms with Gasteiger partial charge in [0.05, 0.1) is 0 Å². The molecule has 0 amide bonds. The summed E-state index contributed by atoms with van der Waals surface area (Å²) in [5.41, 5.74) is 6.83. The molecule has 0 aliphatic carbocycles. The molecular weight excluding hydrogens is 366 g/mol. The molecule has 1 aromatic heterocycles. The van der Waals surface area contributed by atoms with Gasteiger partial charge in [0.25, 0.3) is 0 Å². The average molecular weight is 384 g/mol. The Morgan fingerprint density at radius 3 is 2.19 bits per heavy atom.